The molecule has 2 aromatic carbocycles. The third-order valence-electron chi connectivity index (χ3n) is 8.35. The first-order valence-corrected chi connectivity index (χ1v) is 16.9. The van der Waals surface area contributed by atoms with Crippen LogP contribution < -0.4 is 11.1 Å². The van der Waals surface area contributed by atoms with Crippen LogP contribution >= 0.6 is 11.6 Å². The second kappa shape index (κ2) is 20.2. The third-order valence-corrected chi connectivity index (χ3v) is 8.66. The minimum atomic E-state index is -0.666. The summed E-state index contributed by atoms with van der Waals surface area (Å²) in [6, 6.07) is 12.4. The number of anilines is 1. The second-order valence-corrected chi connectivity index (χ2v) is 12.4. The Balaban J connectivity index is 0.000000317. The average Bonchev–Trinajstić information content (AvgIpc) is 3.43. The first kappa shape index (κ1) is 35.5. The molecule has 2 aliphatic heterocycles. The summed E-state index contributed by atoms with van der Waals surface area (Å²) in [7, 11) is 0. The summed E-state index contributed by atoms with van der Waals surface area (Å²) >= 11 is 6.43. The molecular formula is C35H51ClN4O4. The normalized spacial score (nSPS) is 16.2. The van der Waals surface area contributed by atoms with Gasteiger partial charge in [-0.15, -0.1) is 0 Å². The van der Waals surface area contributed by atoms with Crippen LogP contribution in [0.3, 0.4) is 0 Å². The number of hydrogen-bond donors (Lipinski definition) is 3. The molecular weight excluding hydrogens is 576 g/mol. The Kier molecular flexibility index (Phi) is 16.3. The van der Waals surface area contributed by atoms with Crippen LogP contribution in [0.5, 0.6) is 0 Å². The zero-order valence-electron chi connectivity index (χ0n) is 26.2. The van der Waals surface area contributed by atoms with Gasteiger partial charge in [0.2, 0.25) is 11.8 Å². The standard InChI is InChI=1S/C24H30ClN3O2.C11H21NO2/c25-22-17-20(11-12-21(22)18-8-7-9-19(16-18)24(26)30)27-23(29)10-3-6-15-28-13-4-1-2-5-14-28;13-11(14)7-3-6-10-12-8-4-1-2-5-9-12/h7-9,11-12,16-17H,1-6,10,13-15H2,(H2,26,30)(H,27,29);1-10H2,(H,13,14). The number of benzene rings is 2. The molecule has 2 aromatic rings. The van der Waals surface area contributed by atoms with E-state index in [4.69, 9.17) is 22.4 Å². The third kappa shape index (κ3) is 13.8. The molecule has 9 heteroatoms. The summed E-state index contributed by atoms with van der Waals surface area (Å²) in [5.74, 6) is -1.14. The largest absolute Gasteiger partial charge is 0.481 e. The summed E-state index contributed by atoms with van der Waals surface area (Å²) in [6.07, 6.45) is 15.3. The fraction of sp³-hybridized carbons (Fsp3) is 0.571. The first-order valence-electron chi connectivity index (χ1n) is 16.5. The number of nitrogens with one attached hydrogen (secondary N) is 1. The zero-order valence-corrected chi connectivity index (χ0v) is 27.0. The van der Waals surface area contributed by atoms with E-state index in [1.165, 1.54) is 77.5 Å². The predicted octanol–water partition coefficient (Wildman–Crippen LogP) is 7.21. The Morgan fingerprint density at radius 2 is 1.32 bits per heavy atom. The van der Waals surface area contributed by atoms with Crippen molar-refractivity contribution in [1.29, 1.82) is 0 Å². The molecule has 2 heterocycles. The fourth-order valence-corrected chi connectivity index (χ4v) is 6.13. The summed E-state index contributed by atoms with van der Waals surface area (Å²) in [4.78, 5) is 39.0. The zero-order chi connectivity index (χ0) is 31.6. The maximum absolute atomic E-state index is 12.3. The van der Waals surface area contributed by atoms with E-state index < -0.39 is 11.9 Å². The monoisotopic (exact) mass is 626 g/mol. The second-order valence-electron chi connectivity index (χ2n) is 12.0. The molecule has 0 spiro atoms. The van der Waals surface area contributed by atoms with Crippen LogP contribution in [-0.2, 0) is 9.59 Å². The van der Waals surface area contributed by atoms with Crippen molar-refractivity contribution in [2.45, 2.75) is 89.9 Å². The topological polar surface area (TPSA) is 116 Å². The molecule has 2 amide bonds. The lowest BCUT2D eigenvalue weighted by Gasteiger charge is -2.19. The van der Waals surface area contributed by atoms with Crippen LogP contribution in [0.1, 0.15) is 100 Å². The lowest BCUT2D eigenvalue weighted by molar-refractivity contribution is -0.137. The van der Waals surface area contributed by atoms with E-state index >= 15 is 0 Å². The minimum Gasteiger partial charge on any atom is -0.481 e. The van der Waals surface area contributed by atoms with Crippen molar-refractivity contribution in [1.82, 2.24) is 9.80 Å². The molecule has 0 unspecified atom stereocenters. The van der Waals surface area contributed by atoms with Crippen molar-refractivity contribution >= 4 is 35.1 Å². The van der Waals surface area contributed by atoms with E-state index in [0.29, 0.717) is 29.1 Å². The first-order chi connectivity index (χ1) is 21.3. The van der Waals surface area contributed by atoms with E-state index in [1.54, 1.807) is 24.3 Å². The minimum absolute atomic E-state index is 0.00501. The summed E-state index contributed by atoms with van der Waals surface area (Å²) < 4.78 is 0. The highest BCUT2D eigenvalue weighted by Crippen LogP contribution is 2.31. The van der Waals surface area contributed by atoms with Gasteiger partial charge in [-0.05, 0) is 120 Å². The van der Waals surface area contributed by atoms with Gasteiger partial charge >= 0.3 is 5.97 Å². The molecule has 0 aromatic heterocycles. The van der Waals surface area contributed by atoms with Crippen molar-refractivity contribution in [3.63, 3.8) is 0 Å². The highest BCUT2D eigenvalue weighted by Gasteiger charge is 2.12. The maximum Gasteiger partial charge on any atom is 0.303 e. The number of halogens is 1. The number of likely N-dealkylation sites (tertiary alicyclic amines) is 2. The Bertz CT molecular complexity index is 1180. The molecule has 2 saturated heterocycles. The number of primary amides is 1. The van der Waals surface area contributed by atoms with E-state index in [1.807, 2.05) is 18.2 Å². The van der Waals surface area contributed by atoms with Crippen LogP contribution in [-0.4, -0.2) is 72.0 Å². The molecule has 2 aliphatic rings. The lowest BCUT2D eigenvalue weighted by atomic mass is 10.0. The number of amides is 2. The molecule has 0 aliphatic carbocycles. The Morgan fingerprint density at radius 3 is 1.84 bits per heavy atom. The summed E-state index contributed by atoms with van der Waals surface area (Å²) in [5.41, 5.74) is 8.06. The van der Waals surface area contributed by atoms with Gasteiger partial charge in [-0.25, -0.2) is 0 Å². The predicted molar refractivity (Wildman–Crippen MR) is 179 cm³/mol. The van der Waals surface area contributed by atoms with Crippen molar-refractivity contribution in [3.8, 4) is 11.1 Å². The molecule has 4 N–H and O–H groups in total. The van der Waals surface area contributed by atoms with Gasteiger partial charge in [0, 0.05) is 29.7 Å². The molecule has 0 bridgehead atoms. The van der Waals surface area contributed by atoms with Gasteiger partial charge in [-0.3, -0.25) is 14.4 Å². The summed E-state index contributed by atoms with van der Waals surface area (Å²) in [6.45, 7) is 6.99. The number of nitrogens with zero attached hydrogens (tertiary/aromatic N) is 2. The number of carboxylic acid groups (broad SMARTS) is 1. The molecule has 0 radical (unpaired) electrons. The van der Waals surface area contributed by atoms with Gasteiger partial charge in [0.05, 0.1) is 5.02 Å². The van der Waals surface area contributed by atoms with E-state index in [-0.39, 0.29) is 5.91 Å². The number of unbranched alkanes of at least 4 members (excludes halogenated alkanes) is 2. The Morgan fingerprint density at radius 1 is 0.750 bits per heavy atom. The molecule has 0 atom stereocenters. The van der Waals surface area contributed by atoms with Crippen LogP contribution in [0.25, 0.3) is 11.1 Å². The SMILES string of the molecule is NC(=O)c1cccc(-c2ccc(NC(=O)CCCCN3CCCCCC3)cc2Cl)c1.O=C(O)CCCCN1CCCCCC1. The van der Waals surface area contributed by atoms with E-state index in [9.17, 15) is 14.4 Å². The molecule has 242 valence electrons. The number of hydrogen-bond acceptors (Lipinski definition) is 5. The molecule has 8 nitrogen and oxygen atoms in total. The Labute approximate surface area is 268 Å². The van der Waals surface area contributed by atoms with Crippen LogP contribution in [0.15, 0.2) is 42.5 Å². The Hall–Kier alpha value is -2.94. The highest BCUT2D eigenvalue weighted by molar-refractivity contribution is 6.33. The van der Waals surface area contributed by atoms with Gasteiger partial charge in [-0.1, -0.05) is 55.5 Å². The van der Waals surface area contributed by atoms with Crippen molar-refractivity contribution in [2.24, 2.45) is 5.73 Å². The van der Waals surface area contributed by atoms with Crippen LogP contribution in [0, 0.1) is 0 Å². The van der Waals surface area contributed by atoms with Crippen molar-refractivity contribution in [3.05, 3.63) is 53.1 Å². The quantitative estimate of drug-likeness (QED) is 0.202. The van der Waals surface area contributed by atoms with Gasteiger partial charge in [0.1, 0.15) is 0 Å². The number of nitrogens with two attached hydrogens (primary N) is 1. The number of carbonyl (C=O) groups excluding carboxylic acids is 2. The average molecular weight is 627 g/mol. The number of carbonyl (C=O) groups is 3. The number of carboxylic acids is 1. The maximum atomic E-state index is 12.3. The van der Waals surface area contributed by atoms with Crippen molar-refractivity contribution in [2.75, 3.05) is 44.6 Å². The molecule has 4 rings (SSSR count). The van der Waals surface area contributed by atoms with Gasteiger partial charge in [-0.2, -0.15) is 0 Å². The number of aliphatic carboxylic acids is 1. The van der Waals surface area contributed by atoms with Gasteiger partial charge < -0.3 is 26.0 Å². The van der Waals surface area contributed by atoms with Gasteiger partial charge in [0.15, 0.2) is 0 Å². The van der Waals surface area contributed by atoms with E-state index in [0.717, 1.165) is 49.9 Å². The fourth-order valence-electron chi connectivity index (χ4n) is 5.84. The van der Waals surface area contributed by atoms with Crippen LogP contribution in [0.2, 0.25) is 5.02 Å². The molecule has 0 saturated carbocycles. The van der Waals surface area contributed by atoms with Crippen molar-refractivity contribution < 1.29 is 19.5 Å². The summed E-state index contributed by atoms with van der Waals surface area (Å²) in [5, 5.41) is 11.9. The smallest absolute Gasteiger partial charge is 0.303 e. The van der Waals surface area contributed by atoms with Gasteiger partial charge in [0.25, 0.3) is 0 Å². The highest BCUT2D eigenvalue weighted by atomic mass is 35.5. The lowest BCUT2D eigenvalue weighted by Crippen LogP contribution is -2.25. The molecule has 44 heavy (non-hydrogen) atoms. The van der Waals surface area contributed by atoms with E-state index in [2.05, 4.69) is 15.1 Å². The molecule has 2 fully saturated rings. The number of rotatable bonds is 13. The van der Waals surface area contributed by atoms with Crippen LogP contribution in [0.4, 0.5) is 5.69 Å².